The van der Waals surface area contributed by atoms with Gasteiger partial charge in [-0.25, -0.2) is 0 Å². The van der Waals surface area contributed by atoms with Gasteiger partial charge in [0, 0.05) is 11.3 Å². The summed E-state index contributed by atoms with van der Waals surface area (Å²) in [7, 11) is 1.63. The second-order valence-electron chi connectivity index (χ2n) is 5.36. The Bertz CT molecular complexity index is 862. The van der Waals surface area contributed by atoms with Crippen LogP contribution in [0, 0.1) is 6.92 Å². The molecule has 0 radical (unpaired) electrons. The molecule has 0 saturated carbocycles. The van der Waals surface area contributed by atoms with E-state index in [1.54, 1.807) is 7.11 Å². The highest BCUT2D eigenvalue weighted by Crippen LogP contribution is 2.19. The second-order valence-corrected chi connectivity index (χ2v) is 5.77. The number of hydrogen-bond donors (Lipinski definition) is 2. The van der Waals surface area contributed by atoms with Crippen LogP contribution < -0.4 is 15.4 Å². The standard InChI is InChI=1S/C18H18N4O2S/c1-12-5-3-4-6-15(12)20-18(25)19-11-16-21-17(22-24-16)13-7-9-14(23-2)10-8-13/h3-10H,11H2,1-2H3,(H2,19,20,25). The molecule has 0 fully saturated rings. The molecule has 6 nitrogen and oxygen atoms in total. The summed E-state index contributed by atoms with van der Waals surface area (Å²) in [6.07, 6.45) is 0. The number of benzene rings is 2. The summed E-state index contributed by atoms with van der Waals surface area (Å²) in [4.78, 5) is 4.36. The smallest absolute Gasteiger partial charge is 0.246 e. The van der Waals surface area contributed by atoms with Gasteiger partial charge in [-0.3, -0.25) is 0 Å². The first-order chi connectivity index (χ1) is 12.2. The number of ether oxygens (including phenoxy) is 1. The van der Waals surface area contributed by atoms with Gasteiger partial charge >= 0.3 is 0 Å². The highest BCUT2D eigenvalue weighted by molar-refractivity contribution is 7.80. The number of rotatable bonds is 5. The number of aromatic nitrogens is 2. The van der Waals surface area contributed by atoms with E-state index in [9.17, 15) is 0 Å². The maximum absolute atomic E-state index is 5.30. The molecule has 0 bridgehead atoms. The van der Waals surface area contributed by atoms with Crippen molar-refractivity contribution in [2.45, 2.75) is 13.5 Å². The van der Waals surface area contributed by atoms with Crippen molar-refractivity contribution in [2.75, 3.05) is 12.4 Å². The molecule has 1 aromatic heterocycles. The molecule has 0 saturated heterocycles. The van der Waals surface area contributed by atoms with E-state index in [1.807, 2.05) is 55.5 Å². The summed E-state index contributed by atoms with van der Waals surface area (Å²) in [5, 5.41) is 10.7. The maximum Gasteiger partial charge on any atom is 0.246 e. The van der Waals surface area contributed by atoms with E-state index in [0.717, 1.165) is 22.6 Å². The summed E-state index contributed by atoms with van der Waals surface area (Å²) in [6, 6.07) is 15.4. The summed E-state index contributed by atoms with van der Waals surface area (Å²) >= 11 is 5.30. The minimum Gasteiger partial charge on any atom is -0.497 e. The van der Waals surface area contributed by atoms with Crippen LogP contribution in [0.2, 0.25) is 0 Å². The van der Waals surface area contributed by atoms with Gasteiger partial charge in [0.2, 0.25) is 11.7 Å². The topological polar surface area (TPSA) is 72.2 Å². The fourth-order valence-corrected chi connectivity index (χ4v) is 2.40. The largest absolute Gasteiger partial charge is 0.497 e. The lowest BCUT2D eigenvalue weighted by molar-refractivity contribution is 0.376. The normalized spacial score (nSPS) is 10.3. The molecule has 25 heavy (non-hydrogen) atoms. The van der Waals surface area contributed by atoms with Crippen LogP contribution in [0.15, 0.2) is 53.1 Å². The van der Waals surface area contributed by atoms with E-state index in [2.05, 4.69) is 20.8 Å². The first-order valence-electron chi connectivity index (χ1n) is 7.73. The number of hydrogen-bond acceptors (Lipinski definition) is 5. The number of thiocarbonyl (C=S) groups is 1. The van der Waals surface area contributed by atoms with E-state index in [4.69, 9.17) is 21.5 Å². The van der Waals surface area contributed by atoms with Gasteiger partial charge in [0.25, 0.3) is 0 Å². The van der Waals surface area contributed by atoms with Gasteiger partial charge < -0.3 is 19.9 Å². The van der Waals surface area contributed by atoms with Gasteiger partial charge in [-0.2, -0.15) is 4.98 Å². The number of anilines is 1. The molecular weight excluding hydrogens is 336 g/mol. The molecule has 0 aliphatic heterocycles. The Morgan fingerprint density at radius 2 is 1.92 bits per heavy atom. The summed E-state index contributed by atoms with van der Waals surface area (Å²) < 4.78 is 10.4. The van der Waals surface area contributed by atoms with E-state index in [-0.39, 0.29) is 0 Å². The number of para-hydroxylation sites is 1. The third-order valence-corrected chi connectivity index (χ3v) is 3.86. The SMILES string of the molecule is COc1ccc(-c2noc(CNC(=S)Nc3ccccc3C)n2)cc1. The monoisotopic (exact) mass is 354 g/mol. The minimum absolute atomic E-state index is 0.348. The molecule has 0 atom stereocenters. The van der Waals surface area contributed by atoms with Crippen molar-refractivity contribution in [1.82, 2.24) is 15.5 Å². The molecule has 3 rings (SSSR count). The van der Waals surface area contributed by atoms with Crippen molar-refractivity contribution in [1.29, 1.82) is 0 Å². The Hall–Kier alpha value is -2.93. The summed E-state index contributed by atoms with van der Waals surface area (Å²) in [5.74, 6) is 1.76. The number of nitrogens with zero attached hydrogens (tertiary/aromatic N) is 2. The van der Waals surface area contributed by atoms with Gasteiger partial charge in [-0.1, -0.05) is 23.4 Å². The van der Waals surface area contributed by atoms with Crippen molar-refractivity contribution in [3.63, 3.8) is 0 Å². The van der Waals surface area contributed by atoms with Gasteiger partial charge in [0.1, 0.15) is 5.75 Å². The van der Waals surface area contributed by atoms with E-state index < -0.39 is 0 Å². The Labute approximate surface area is 151 Å². The molecule has 2 N–H and O–H groups in total. The highest BCUT2D eigenvalue weighted by Gasteiger charge is 2.09. The zero-order valence-electron chi connectivity index (χ0n) is 13.9. The summed E-state index contributed by atoms with van der Waals surface area (Å²) in [5.41, 5.74) is 2.94. The molecule has 7 heteroatoms. The highest BCUT2D eigenvalue weighted by atomic mass is 32.1. The van der Waals surface area contributed by atoms with Crippen molar-refractivity contribution in [3.8, 4) is 17.1 Å². The number of methoxy groups -OCH3 is 1. The van der Waals surface area contributed by atoms with Crippen molar-refractivity contribution >= 4 is 23.0 Å². The fourth-order valence-electron chi connectivity index (χ4n) is 2.22. The molecule has 0 aliphatic carbocycles. The minimum atomic E-state index is 0.348. The van der Waals surface area contributed by atoms with Crippen LogP contribution in [-0.4, -0.2) is 22.4 Å². The Morgan fingerprint density at radius 3 is 2.64 bits per heavy atom. The first-order valence-corrected chi connectivity index (χ1v) is 8.14. The lowest BCUT2D eigenvalue weighted by atomic mass is 10.2. The van der Waals surface area contributed by atoms with Crippen molar-refractivity contribution in [2.24, 2.45) is 0 Å². The van der Waals surface area contributed by atoms with E-state index in [0.29, 0.717) is 23.4 Å². The fraction of sp³-hybridized carbons (Fsp3) is 0.167. The first kappa shape index (κ1) is 16.9. The van der Waals surface area contributed by atoms with Crippen LogP contribution in [0.4, 0.5) is 5.69 Å². The molecular formula is C18H18N4O2S. The van der Waals surface area contributed by atoms with E-state index >= 15 is 0 Å². The zero-order valence-corrected chi connectivity index (χ0v) is 14.8. The Balaban J connectivity index is 1.58. The van der Waals surface area contributed by atoms with Crippen LogP contribution in [-0.2, 0) is 6.54 Å². The predicted molar refractivity (Wildman–Crippen MR) is 101 cm³/mol. The van der Waals surface area contributed by atoms with Crippen molar-refractivity contribution < 1.29 is 9.26 Å². The third-order valence-electron chi connectivity index (χ3n) is 3.61. The van der Waals surface area contributed by atoms with Gasteiger partial charge in [0.05, 0.1) is 13.7 Å². The molecule has 0 amide bonds. The molecule has 1 heterocycles. The Kier molecular flexibility index (Phi) is 5.25. The van der Waals surface area contributed by atoms with Crippen LogP contribution in [0.25, 0.3) is 11.4 Å². The zero-order chi connectivity index (χ0) is 17.6. The third kappa shape index (κ3) is 4.33. The molecule has 0 aliphatic rings. The average Bonchev–Trinajstić information content (AvgIpc) is 3.11. The Morgan fingerprint density at radius 1 is 1.16 bits per heavy atom. The van der Waals surface area contributed by atoms with Gasteiger partial charge in [-0.05, 0) is 55.0 Å². The molecule has 2 aromatic carbocycles. The molecule has 0 spiro atoms. The van der Waals surface area contributed by atoms with Crippen LogP contribution in [0.1, 0.15) is 11.5 Å². The predicted octanol–water partition coefficient (Wildman–Crippen LogP) is 3.54. The van der Waals surface area contributed by atoms with Crippen LogP contribution in [0.3, 0.4) is 0 Å². The molecule has 3 aromatic rings. The maximum atomic E-state index is 5.30. The quantitative estimate of drug-likeness (QED) is 0.679. The molecule has 128 valence electrons. The second kappa shape index (κ2) is 7.76. The number of nitrogens with one attached hydrogen (secondary N) is 2. The number of aryl methyl sites for hydroxylation is 1. The summed E-state index contributed by atoms with van der Waals surface area (Å²) in [6.45, 7) is 2.37. The van der Waals surface area contributed by atoms with Gasteiger partial charge in [0.15, 0.2) is 5.11 Å². The van der Waals surface area contributed by atoms with Crippen LogP contribution in [0.5, 0.6) is 5.75 Å². The van der Waals surface area contributed by atoms with Crippen molar-refractivity contribution in [3.05, 3.63) is 60.0 Å². The lowest BCUT2D eigenvalue weighted by Crippen LogP contribution is -2.28. The lowest BCUT2D eigenvalue weighted by Gasteiger charge is -2.10. The van der Waals surface area contributed by atoms with E-state index in [1.165, 1.54) is 0 Å². The van der Waals surface area contributed by atoms with Gasteiger partial charge in [-0.15, -0.1) is 0 Å². The molecule has 0 unspecified atom stereocenters. The average molecular weight is 354 g/mol. The van der Waals surface area contributed by atoms with Crippen LogP contribution >= 0.6 is 12.2 Å².